The molecule has 0 radical (unpaired) electrons. The van der Waals surface area contributed by atoms with Crippen LogP contribution in [0.25, 0.3) is 0 Å². The molecule has 1 saturated heterocycles. The molecule has 1 aliphatic heterocycles. The Kier molecular flexibility index (Phi) is 6.32. The van der Waals surface area contributed by atoms with E-state index in [1.54, 1.807) is 0 Å². The van der Waals surface area contributed by atoms with Crippen molar-refractivity contribution in [2.75, 3.05) is 26.2 Å². The van der Waals surface area contributed by atoms with Crippen LogP contribution in [0.4, 0.5) is 5.69 Å². The molecule has 0 spiro atoms. The fourth-order valence-corrected chi connectivity index (χ4v) is 2.81. The Morgan fingerprint density at radius 3 is 2.74 bits per heavy atom. The highest BCUT2D eigenvalue weighted by Gasteiger charge is 2.17. The van der Waals surface area contributed by atoms with Crippen molar-refractivity contribution in [1.82, 2.24) is 10.2 Å². The fraction of sp³-hybridized carbons (Fsp3) is 0.533. The SMILES string of the molecule is O=C(NCCCN1CCC(O)CC1)c1ccc([N+](=O)[O-])cc1Cl. The van der Waals surface area contributed by atoms with Crippen molar-refractivity contribution >= 4 is 23.2 Å². The molecule has 1 aromatic rings. The second kappa shape index (κ2) is 8.24. The lowest BCUT2D eigenvalue weighted by atomic mass is 10.1. The molecule has 8 heteroatoms. The maximum absolute atomic E-state index is 12.0. The number of nitro benzene ring substituents is 1. The number of benzene rings is 1. The first kappa shape index (κ1) is 17.7. The summed E-state index contributed by atoms with van der Waals surface area (Å²) < 4.78 is 0. The molecule has 7 nitrogen and oxygen atoms in total. The molecule has 0 atom stereocenters. The molecule has 0 bridgehead atoms. The van der Waals surface area contributed by atoms with Gasteiger partial charge in [-0.2, -0.15) is 0 Å². The number of carbonyl (C=O) groups is 1. The van der Waals surface area contributed by atoms with Gasteiger partial charge in [-0.05, 0) is 31.9 Å². The highest BCUT2D eigenvalue weighted by Crippen LogP contribution is 2.22. The Bertz CT molecular complexity index is 574. The number of non-ortho nitro benzene ring substituents is 1. The molecular weight excluding hydrogens is 322 g/mol. The van der Waals surface area contributed by atoms with Crippen LogP contribution in [0.5, 0.6) is 0 Å². The maximum Gasteiger partial charge on any atom is 0.270 e. The van der Waals surface area contributed by atoms with E-state index in [1.807, 2.05) is 0 Å². The number of hydrogen-bond acceptors (Lipinski definition) is 5. The minimum Gasteiger partial charge on any atom is -0.393 e. The monoisotopic (exact) mass is 341 g/mol. The van der Waals surface area contributed by atoms with Gasteiger partial charge in [0.25, 0.3) is 11.6 Å². The summed E-state index contributed by atoms with van der Waals surface area (Å²) in [4.78, 5) is 24.4. The van der Waals surface area contributed by atoms with Crippen LogP contribution in [-0.2, 0) is 0 Å². The second-order valence-electron chi connectivity index (χ2n) is 5.60. The predicted octanol–water partition coefficient (Wildman–Crippen LogP) is 1.82. The van der Waals surface area contributed by atoms with Gasteiger partial charge in [0.2, 0.25) is 0 Å². The Morgan fingerprint density at radius 2 is 2.13 bits per heavy atom. The van der Waals surface area contributed by atoms with Crippen molar-refractivity contribution in [3.63, 3.8) is 0 Å². The minimum atomic E-state index is -0.552. The molecule has 0 saturated carbocycles. The zero-order valence-corrected chi connectivity index (χ0v) is 13.5. The summed E-state index contributed by atoms with van der Waals surface area (Å²) in [5, 5.41) is 22.9. The number of nitrogens with one attached hydrogen (secondary N) is 1. The molecule has 2 N–H and O–H groups in total. The molecule has 126 valence electrons. The number of nitrogens with zero attached hydrogens (tertiary/aromatic N) is 2. The van der Waals surface area contributed by atoms with Gasteiger partial charge in [0.15, 0.2) is 0 Å². The van der Waals surface area contributed by atoms with Crippen molar-refractivity contribution < 1.29 is 14.8 Å². The van der Waals surface area contributed by atoms with Gasteiger partial charge >= 0.3 is 0 Å². The van der Waals surface area contributed by atoms with Crippen molar-refractivity contribution in [1.29, 1.82) is 0 Å². The average Bonchev–Trinajstić information content (AvgIpc) is 2.52. The second-order valence-corrected chi connectivity index (χ2v) is 6.01. The molecule has 23 heavy (non-hydrogen) atoms. The standard InChI is InChI=1S/C15H20ClN3O4/c16-14-10-11(19(22)23)2-3-13(14)15(21)17-6-1-7-18-8-4-12(20)5-9-18/h2-3,10,12,20H,1,4-9H2,(H,17,21). The van der Waals surface area contributed by atoms with Crippen LogP contribution < -0.4 is 5.32 Å². The highest BCUT2D eigenvalue weighted by atomic mass is 35.5. The molecule has 0 aromatic heterocycles. The third-order valence-corrected chi connectivity index (χ3v) is 4.21. The predicted molar refractivity (Wildman–Crippen MR) is 86.7 cm³/mol. The highest BCUT2D eigenvalue weighted by molar-refractivity contribution is 6.34. The van der Waals surface area contributed by atoms with Gasteiger partial charge in [0.1, 0.15) is 0 Å². The van der Waals surface area contributed by atoms with Gasteiger partial charge in [0, 0.05) is 31.8 Å². The van der Waals surface area contributed by atoms with E-state index >= 15 is 0 Å². The van der Waals surface area contributed by atoms with Crippen molar-refractivity contribution in [3.8, 4) is 0 Å². The van der Waals surface area contributed by atoms with E-state index in [2.05, 4.69) is 10.2 Å². The van der Waals surface area contributed by atoms with E-state index < -0.39 is 4.92 Å². The first-order valence-corrected chi connectivity index (χ1v) is 7.97. The summed E-state index contributed by atoms with van der Waals surface area (Å²) >= 11 is 5.92. The van der Waals surface area contributed by atoms with Gasteiger partial charge in [-0.15, -0.1) is 0 Å². The molecule has 1 heterocycles. The normalized spacial score (nSPS) is 16.3. The van der Waals surface area contributed by atoms with E-state index in [0.29, 0.717) is 6.54 Å². The number of aliphatic hydroxyl groups is 1. The minimum absolute atomic E-state index is 0.0710. The molecule has 0 aliphatic carbocycles. The largest absolute Gasteiger partial charge is 0.393 e. The van der Waals surface area contributed by atoms with Crippen LogP contribution in [0.15, 0.2) is 18.2 Å². The van der Waals surface area contributed by atoms with Gasteiger partial charge in [-0.1, -0.05) is 11.6 Å². The summed E-state index contributed by atoms with van der Waals surface area (Å²) in [6.07, 6.45) is 2.21. The number of amides is 1. The van der Waals surface area contributed by atoms with Gasteiger partial charge in [-0.3, -0.25) is 14.9 Å². The van der Waals surface area contributed by atoms with Crippen LogP contribution in [0, 0.1) is 10.1 Å². The molecular formula is C15H20ClN3O4. The number of hydrogen-bond donors (Lipinski definition) is 2. The van der Waals surface area contributed by atoms with E-state index in [0.717, 1.165) is 38.9 Å². The Balaban J connectivity index is 1.75. The molecule has 0 unspecified atom stereocenters. The number of carbonyl (C=O) groups excluding carboxylic acids is 1. The molecule has 2 rings (SSSR count). The third kappa shape index (κ3) is 5.16. The number of piperidine rings is 1. The van der Waals surface area contributed by atoms with Gasteiger partial charge in [0.05, 0.1) is 21.6 Å². The average molecular weight is 342 g/mol. The number of halogens is 1. The fourth-order valence-electron chi connectivity index (χ4n) is 2.54. The maximum atomic E-state index is 12.0. The molecule has 1 amide bonds. The van der Waals surface area contributed by atoms with Crippen LogP contribution in [0.3, 0.4) is 0 Å². The first-order valence-electron chi connectivity index (χ1n) is 7.60. The summed E-state index contributed by atoms with van der Waals surface area (Å²) in [7, 11) is 0. The summed E-state index contributed by atoms with van der Waals surface area (Å²) in [5.41, 5.74) is 0.0946. The van der Waals surface area contributed by atoms with Crippen molar-refractivity contribution in [2.24, 2.45) is 0 Å². The molecule has 1 aliphatic rings. The Morgan fingerprint density at radius 1 is 1.43 bits per heavy atom. The lowest BCUT2D eigenvalue weighted by molar-refractivity contribution is -0.384. The zero-order valence-electron chi connectivity index (χ0n) is 12.7. The zero-order chi connectivity index (χ0) is 16.8. The molecule has 1 aromatic carbocycles. The van der Waals surface area contributed by atoms with E-state index in [1.165, 1.54) is 18.2 Å². The summed E-state index contributed by atoms with van der Waals surface area (Å²) in [6, 6.07) is 3.80. The van der Waals surface area contributed by atoms with Gasteiger partial charge < -0.3 is 15.3 Å². The summed E-state index contributed by atoms with van der Waals surface area (Å²) in [5.74, 6) is -0.334. The van der Waals surface area contributed by atoms with E-state index in [9.17, 15) is 20.0 Å². The van der Waals surface area contributed by atoms with E-state index in [-0.39, 0.29) is 28.3 Å². The smallest absolute Gasteiger partial charge is 0.270 e. The molecule has 1 fully saturated rings. The lowest BCUT2D eigenvalue weighted by Gasteiger charge is -2.29. The topological polar surface area (TPSA) is 95.7 Å². The van der Waals surface area contributed by atoms with Gasteiger partial charge in [-0.25, -0.2) is 0 Å². The Labute approximate surface area is 139 Å². The van der Waals surface area contributed by atoms with E-state index in [4.69, 9.17) is 11.6 Å². The Hall–Kier alpha value is -1.70. The quantitative estimate of drug-likeness (QED) is 0.467. The number of aliphatic hydroxyl groups excluding tert-OH is 1. The van der Waals surface area contributed by atoms with Crippen molar-refractivity contribution in [3.05, 3.63) is 38.9 Å². The third-order valence-electron chi connectivity index (χ3n) is 3.90. The van der Waals surface area contributed by atoms with Crippen molar-refractivity contribution in [2.45, 2.75) is 25.4 Å². The van der Waals surface area contributed by atoms with Crippen LogP contribution in [-0.4, -0.2) is 53.1 Å². The van der Waals surface area contributed by atoms with Crippen LogP contribution in [0.1, 0.15) is 29.6 Å². The number of rotatable bonds is 6. The summed E-state index contributed by atoms with van der Waals surface area (Å²) in [6.45, 7) is 3.12. The number of nitro groups is 1. The number of likely N-dealkylation sites (tertiary alicyclic amines) is 1. The lowest BCUT2D eigenvalue weighted by Crippen LogP contribution is -2.37. The first-order chi connectivity index (χ1) is 11.0. The van der Waals surface area contributed by atoms with Crippen LogP contribution >= 0.6 is 11.6 Å². The van der Waals surface area contributed by atoms with Crippen LogP contribution in [0.2, 0.25) is 5.02 Å².